The van der Waals surface area contributed by atoms with Gasteiger partial charge in [0.1, 0.15) is 5.00 Å². The van der Waals surface area contributed by atoms with E-state index in [1.807, 2.05) is 29.3 Å². The lowest BCUT2D eigenvalue weighted by Gasteiger charge is -2.27. The molecule has 2 aromatic rings. The molecule has 5 nitrogen and oxygen atoms in total. The van der Waals surface area contributed by atoms with E-state index in [2.05, 4.69) is 10.6 Å². The van der Waals surface area contributed by atoms with Crippen LogP contribution in [0.25, 0.3) is 0 Å². The number of rotatable bonds is 3. The maximum atomic E-state index is 12.7. The van der Waals surface area contributed by atoms with Gasteiger partial charge in [-0.1, -0.05) is 6.07 Å². The number of piperazine rings is 1. The molecular formula is C15H17N3O2S2. The third-order valence-corrected chi connectivity index (χ3v) is 5.30. The van der Waals surface area contributed by atoms with Crippen LogP contribution >= 0.6 is 22.7 Å². The smallest absolute Gasteiger partial charge is 0.266 e. The predicted octanol–water partition coefficient (Wildman–Crippen LogP) is 2.42. The van der Waals surface area contributed by atoms with Gasteiger partial charge in [0.25, 0.3) is 11.8 Å². The average molecular weight is 335 g/mol. The zero-order valence-corrected chi connectivity index (χ0v) is 13.9. The monoisotopic (exact) mass is 335 g/mol. The first-order valence-electron chi connectivity index (χ1n) is 7.10. The van der Waals surface area contributed by atoms with Gasteiger partial charge in [-0.15, -0.1) is 22.7 Å². The van der Waals surface area contributed by atoms with Crippen LogP contribution in [0.3, 0.4) is 0 Å². The van der Waals surface area contributed by atoms with E-state index < -0.39 is 0 Å². The van der Waals surface area contributed by atoms with E-state index in [4.69, 9.17) is 0 Å². The highest BCUT2D eigenvalue weighted by molar-refractivity contribution is 7.17. The van der Waals surface area contributed by atoms with E-state index >= 15 is 0 Å². The fourth-order valence-electron chi connectivity index (χ4n) is 2.38. The first-order chi connectivity index (χ1) is 10.6. The Balaban J connectivity index is 1.80. The molecule has 0 bridgehead atoms. The van der Waals surface area contributed by atoms with Crippen molar-refractivity contribution < 1.29 is 9.59 Å². The quantitative estimate of drug-likeness (QED) is 0.905. The number of amides is 2. The lowest BCUT2D eigenvalue weighted by Crippen LogP contribution is -2.46. The summed E-state index contributed by atoms with van der Waals surface area (Å²) in [6, 6.07) is 5.48. The summed E-state index contributed by atoms with van der Waals surface area (Å²) in [6.07, 6.45) is 0. The Kier molecular flexibility index (Phi) is 4.56. The minimum atomic E-state index is -0.161. The molecule has 0 radical (unpaired) electrons. The van der Waals surface area contributed by atoms with Crippen molar-refractivity contribution in [3.63, 3.8) is 0 Å². The summed E-state index contributed by atoms with van der Waals surface area (Å²) in [6.45, 7) is 4.97. The van der Waals surface area contributed by atoms with Gasteiger partial charge >= 0.3 is 0 Å². The summed E-state index contributed by atoms with van der Waals surface area (Å²) in [4.78, 5) is 28.4. The molecule has 2 N–H and O–H groups in total. The molecule has 116 valence electrons. The molecule has 1 aliphatic heterocycles. The standard InChI is InChI=1S/C15H17N3O2S2/c1-10-9-11(15(20)18-6-4-16-5-7-18)14(22-10)17-13(19)12-3-2-8-21-12/h2-3,8-9,16H,4-7H2,1H3,(H,17,19). The number of anilines is 1. The number of thiophene rings is 2. The summed E-state index contributed by atoms with van der Waals surface area (Å²) in [5, 5.41) is 8.61. The third-order valence-electron chi connectivity index (χ3n) is 3.46. The molecule has 3 rings (SSSR count). The van der Waals surface area contributed by atoms with Gasteiger partial charge in [-0.05, 0) is 24.4 Å². The van der Waals surface area contributed by atoms with Gasteiger partial charge in [0.2, 0.25) is 0 Å². The van der Waals surface area contributed by atoms with E-state index in [0.29, 0.717) is 28.5 Å². The highest BCUT2D eigenvalue weighted by Crippen LogP contribution is 2.29. The zero-order valence-electron chi connectivity index (χ0n) is 12.2. The summed E-state index contributed by atoms with van der Waals surface area (Å²) in [5.41, 5.74) is 0.592. The van der Waals surface area contributed by atoms with Gasteiger partial charge in [-0.25, -0.2) is 0 Å². The number of carbonyl (C=O) groups is 2. The second-order valence-corrected chi connectivity index (χ2v) is 7.28. The van der Waals surface area contributed by atoms with Gasteiger partial charge in [-0.2, -0.15) is 0 Å². The van der Waals surface area contributed by atoms with E-state index in [1.165, 1.54) is 22.7 Å². The molecule has 3 heterocycles. The molecule has 0 aromatic carbocycles. The molecule has 2 aromatic heterocycles. The molecule has 1 saturated heterocycles. The lowest BCUT2D eigenvalue weighted by atomic mass is 10.2. The van der Waals surface area contributed by atoms with Gasteiger partial charge < -0.3 is 15.5 Å². The highest BCUT2D eigenvalue weighted by atomic mass is 32.1. The molecule has 2 amide bonds. The van der Waals surface area contributed by atoms with Crippen LogP contribution in [-0.4, -0.2) is 42.9 Å². The summed E-state index contributed by atoms with van der Waals surface area (Å²) in [5.74, 6) is -0.168. The van der Waals surface area contributed by atoms with Crippen LogP contribution in [0.4, 0.5) is 5.00 Å². The second-order valence-electron chi connectivity index (χ2n) is 5.07. The molecule has 0 unspecified atom stereocenters. The molecule has 0 atom stereocenters. The number of nitrogens with one attached hydrogen (secondary N) is 2. The maximum Gasteiger partial charge on any atom is 0.266 e. The van der Waals surface area contributed by atoms with Crippen molar-refractivity contribution in [3.8, 4) is 0 Å². The Morgan fingerprint density at radius 2 is 2.09 bits per heavy atom. The topological polar surface area (TPSA) is 61.4 Å². The van der Waals surface area contributed by atoms with E-state index in [1.54, 1.807) is 6.07 Å². The molecule has 0 spiro atoms. The first kappa shape index (κ1) is 15.2. The predicted molar refractivity (Wildman–Crippen MR) is 90.1 cm³/mol. The van der Waals surface area contributed by atoms with Crippen LogP contribution in [0.15, 0.2) is 23.6 Å². The highest BCUT2D eigenvalue weighted by Gasteiger charge is 2.23. The number of hydrogen-bond acceptors (Lipinski definition) is 5. The number of carbonyl (C=O) groups excluding carboxylic acids is 2. The first-order valence-corrected chi connectivity index (χ1v) is 8.80. The van der Waals surface area contributed by atoms with Crippen LogP contribution in [0.1, 0.15) is 24.9 Å². The van der Waals surface area contributed by atoms with Crippen LogP contribution in [-0.2, 0) is 0 Å². The Morgan fingerprint density at radius 3 is 2.77 bits per heavy atom. The third kappa shape index (κ3) is 3.21. The number of nitrogens with zero attached hydrogens (tertiary/aromatic N) is 1. The molecule has 1 fully saturated rings. The minimum Gasteiger partial charge on any atom is -0.336 e. The second kappa shape index (κ2) is 6.60. The summed E-state index contributed by atoms with van der Waals surface area (Å²) < 4.78 is 0. The van der Waals surface area contributed by atoms with Gasteiger partial charge in [-0.3, -0.25) is 9.59 Å². The fraction of sp³-hybridized carbons (Fsp3) is 0.333. The molecule has 0 aliphatic carbocycles. The number of aryl methyl sites for hydroxylation is 1. The van der Waals surface area contributed by atoms with Crippen LogP contribution in [0.5, 0.6) is 0 Å². The van der Waals surface area contributed by atoms with Crippen LogP contribution in [0, 0.1) is 6.92 Å². The van der Waals surface area contributed by atoms with Crippen LogP contribution < -0.4 is 10.6 Å². The van der Waals surface area contributed by atoms with Crippen LogP contribution in [0.2, 0.25) is 0 Å². The minimum absolute atomic E-state index is 0.00710. The van der Waals surface area contributed by atoms with Crippen molar-refractivity contribution in [2.24, 2.45) is 0 Å². The fourth-order valence-corrected chi connectivity index (χ4v) is 3.89. The SMILES string of the molecule is Cc1cc(C(=O)N2CCNCC2)c(NC(=O)c2cccs2)s1. The van der Waals surface area contributed by atoms with E-state index in [-0.39, 0.29) is 11.8 Å². The Morgan fingerprint density at radius 1 is 1.32 bits per heavy atom. The molecule has 1 aliphatic rings. The van der Waals surface area contributed by atoms with Crippen molar-refractivity contribution in [1.29, 1.82) is 0 Å². The largest absolute Gasteiger partial charge is 0.336 e. The average Bonchev–Trinajstić information content (AvgIpc) is 3.17. The molecule has 0 saturated carbocycles. The zero-order chi connectivity index (χ0) is 15.5. The summed E-state index contributed by atoms with van der Waals surface area (Å²) in [7, 11) is 0. The maximum absolute atomic E-state index is 12.7. The summed E-state index contributed by atoms with van der Waals surface area (Å²) >= 11 is 2.83. The molecule has 22 heavy (non-hydrogen) atoms. The van der Waals surface area contributed by atoms with Crippen molar-refractivity contribution in [1.82, 2.24) is 10.2 Å². The van der Waals surface area contributed by atoms with Gasteiger partial charge in [0, 0.05) is 31.1 Å². The molecular weight excluding hydrogens is 318 g/mol. The Bertz CT molecular complexity index is 673. The van der Waals surface area contributed by atoms with Crippen molar-refractivity contribution >= 4 is 39.5 Å². The van der Waals surface area contributed by atoms with Crippen molar-refractivity contribution in [2.75, 3.05) is 31.5 Å². The number of hydrogen-bond donors (Lipinski definition) is 2. The van der Waals surface area contributed by atoms with E-state index in [9.17, 15) is 9.59 Å². The van der Waals surface area contributed by atoms with Gasteiger partial charge in [0.15, 0.2) is 0 Å². The Hall–Kier alpha value is -1.70. The van der Waals surface area contributed by atoms with E-state index in [0.717, 1.165) is 18.0 Å². The Labute approximate surface area is 137 Å². The lowest BCUT2D eigenvalue weighted by molar-refractivity contribution is 0.0737. The normalized spacial score (nSPS) is 14.9. The van der Waals surface area contributed by atoms with Crippen molar-refractivity contribution in [2.45, 2.75) is 6.92 Å². The molecule has 7 heteroatoms. The van der Waals surface area contributed by atoms with Crippen molar-refractivity contribution in [3.05, 3.63) is 38.9 Å². The van der Waals surface area contributed by atoms with Gasteiger partial charge in [0.05, 0.1) is 10.4 Å².